The molecule has 0 saturated heterocycles. The van der Waals surface area contributed by atoms with E-state index in [1.54, 1.807) is 0 Å². The zero-order valence-corrected chi connectivity index (χ0v) is 10.8. The van der Waals surface area contributed by atoms with Gasteiger partial charge in [0.05, 0.1) is 0 Å². The molecule has 0 unspecified atom stereocenters. The zero-order valence-electron chi connectivity index (χ0n) is 9.14. The highest BCUT2D eigenvalue weighted by Gasteiger charge is 2.10. The second-order valence-corrected chi connectivity index (χ2v) is 4.11. The first kappa shape index (κ1) is 12.9. The van der Waals surface area contributed by atoms with Crippen LogP contribution >= 0.6 is 24.4 Å². The van der Waals surface area contributed by atoms with Crippen LogP contribution in [0.4, 0.5) is 5.69 Å². The van der Waals surface area contributed by atoms with Crippen LogP contribution in [-0.4, -0.2) is 16.8 Å². The minimum absolute atomic E-state index is 0.196. The first-order valence-electron chi connectivity index (χ1n) is 5.08. The highest BCUT2D eigenvalue weighted by molar-refractivity contribution is 7.82. The van der Waals surface area contributed by atoms with E-state index in [0.29, 0.717) is 5.11 Å². The molecule has 1 aromatic rings. The largest absolute Gasteiger partial charge is 0.376 e. The van der Waals surface area contributed by atoms with Crippen molar-refractivity contribution in [1.29, 1.82) is 0 Å². The highest BCUT2D eigenvalue weighted by atomic mass is 32.1. The van der Waals surface area contributed by atoms with Crippen molar-refractivity contribution in [2.75, 3.05) is 11.4 Å². The summed E-state index contributed by atoms with van der Waals surface area (Å²) in [7, 11) is 0. The molecule has 1 rings (SSSR count). The van der Waals surface area contributed by atoms with Crippen molar-refractivity contribution in [3.63, 3.8) is 0 Å². The molecule has 0 spiro atoms. The van der Waals surface area contributed by atoms with Gasteiger partial charge in [-0.1, -0.05) is 25.1 Å². The van der Waals surface area contributed by atoms with E-state index in [4.69, 9.17) is 30.2 Å². The van der Waals surface area contributed by atoms with Gasteiger partial charge in [0.2, 0.25) is 0 Å². The third kappa shape index (κ3) is 3.75. The monoisotopic (exact) mass is 253 g/mol. The number of hydrogen-bond donors (Lipinski definition) is 2. The molecule has 3 nitrogen and oxygen atoms in total. The maximum atomic E-state index is 5.41. The molecule has 3 N–H and O–H groups in total. The fourth-order valence-electron chi connectivity index (χ4n) is 1.35. The molecule has 0 heterocycles. The normalized spacial score (nSPS) is 9.56. The van der Waals surface area contributed by atoms with Gasteiger partial charge in [0.1, 0.15) is 0 Å². The van der Waals surface area contributed by atoms with E-state index < -0.39 is 0 Å². The van der Waals surface area contributed by atoms with Gasteiger partial charge in [-0.3, -0.25) is 0 Å². The molecule has 0 aliphatic rings. The fourth-order valence-corrected chi connectivity index (χ4v) is 1.82. The van der Waals surface area contributed by atoms with E-state index in [2.05, 4.69) is 12.2 Å². The van der Waals surface area contributed by atoms with E-state index in [-0.39, 0.29) is 5.11 Å². The standard InChI is InChI=1S/C11H15N3S2/c1-2-8-14(11(16)13-10(12)15)9-6-4-3-5-7-9/h3-7H,2,8H2,1H3,(H3,12,13,15,16). The number of nitrogens with one attached hydrogen (secondary N) is 1. The number of nitrogens with zero attached hydrogens (tertiary/aromatic N) is 1. The average Bonchev–Trinajstić information content (AvgIpc) is 2.26. The predicted octanol–water partition coefficient (Wildman–Crippen LogP) is 2.02. The third-order valence-electron chi connectivity index (χ3n) is 1.99. The van der Waals surface area contributed by atoms with Crippen LogP contribution in [0.15, 0.2) is 30.3 Å². The lowest BCUT2D eigenvalue weighted by Crippen LogP contribution is -2.45. The van der Waals surface area contributed by atoms with Gasteiger partial charge in [-0.2, -0.15) is 0 Å². The van der Waals surface area contributed by atoms with Crippen LogP contribution in [0.1, 0.15) is 13.3 Å². The van der Waals surface area contributed by atoms with Crippen LogP contribution in [0.25, 0.3) is 0 Å². The summed E-state index contributed by atoms with van der Waals surface area (Å²) in [6.07, 6.45) is 0.994. The molecular formula is C11H15N3S2. The van der Waals surface area contributed by atoms with E-state index >= 15 is 0 Å². The summed E-state index contributed by atoms with van der Waals surface area (Å²) in [5, 5.41) is 3.53. The molecule has 16 heavy (non-hydrogen) atoms. The first-order valence-corrected chi connectivity index (χ1v) is 5.89. The minimum Gasteiger partial charge on any atom is -0.376 e. The van der Waals surface area contributed by atoms with Gasteiger partial charge in [-0.05, 0) is 43.0 Å². The van der Waals surface area contributed by atoms with Crippen molar-refractivity contribution in [3.05, 3.63) is 30.3 Å². The van der Waals surface area contributed by atoms with Gasteiger partial charge < -0.3 is 16.0 Å². The van der Waals surface area contributed by atoms with E-state index in [0.717, 1.165) is 18.7 Å². The molecule has 5 heteroatoms. The van der Waals surface area contributed by atoms with Crippen LogP contribution in [0.2, 0.25) is 0 Å². The van der Waals surface area contributed by atoms with Crippen molar-refractivity contribution in [1.82, 2.24) is 5.32 Å². The van der Waals surface area contributed by atoms with Crippen molar-refractivity contribution in [2.45, 2.75) is 13.3 Å². The quantitative estimate of drug-likeness (QED) is 0.807. The van der Waals surface area contributed by atoms with Crippen molar-refractivity contribution in [3.8, 4) is 0 Å². The molecule has 1 aromatic carbocycles. The Hall–Kier alpha value is -1.20. The van der Waals surface area contributed by atoms with Crippen LogP contribution in [0.5, 0.6) is 0 Å². The Bertz CT molecular complexity index is 365. The topological polar surface area (TPSA) is 41.3 Å². The lowest BCUT2D eigenvalue weighted by molar-refractivity contribution is 0.899. The summed E-state index contributed by atoms with van der Waals surface area (Å²) in [4.78, 5) is 1.98. The number of para-hydroxylation sites is 1. The number of thiocarbonyl (C=S) groups is 2. The maximum absolute atomic E-state index is 5.41. The second kappa shape index (κ2) is 6.40. The SMILES string of the molecule is CCCN(C(=S)NC(N)=S)c1ccccc1. The lowest BCUT2D eigenvalue weighted by Gasteiger charge is -2.24. The third-order valence-corrected chi connectivity index (χ3v) is 2.41. The van der Waals surface area contributed by atoms with Crippen molar-refractivity contribution in [2.24, 2.45) is 5.73 Å². The molecule has 0 atom stereocenters. The number of benzene rings is 1. The van der Waals surface area contributed by atoms with Gasteiger partial charge in [-0.25, -0.2) is 0 Å². The molecule has 0 aliphatic carbocycles. The molecule has 0 saturated carbocycles. The molecule has 0 radical (unpaired) electrons. The molecule has 0 bridgehead atoms. The molecular weight excluding hydrogens is 238 g/mol. The Morgan fingerprint density at radius 1 is 1.31 bits per heavy atom. The number of anilines is 1. The van der Waals surface area contributed by atoms with Crippen molar-refractivity contribution < 1.29 is 0 Å². The van der Waals surface area contributed by atoms with E-state index in [9.17, 15) is 0 Å². The Morgan fingerprint density at radius 3 is 2.44 bits per heavy atom. The minimum atomic E-state index is 0.196. The van der Waals surface area contributed by atoms with E-state index in [1.165, 1.54) is 0 Å². The smallest absolute Gasteiger partial charge is 0.179 e. The lowest BCUT2D eigenvalue weighted by atomic mass is 10.3. The summed E-state index contributed by atoms with van der Waals surface area (Å²) in [6, 6.07) is 9.92. The van der Waals surface area contributed by atoms with E-state index in [1.807, 2.05) is 35.2 Å². The average molecular weight is 253 g/mol. The Kier molecular flexibility index (Phi) is 5.14. The number of hydrogen-bond acceptors (Lipinski definition) is 2. The Balaban J connectivity index is 2.82. The van der Waals surface area contributed by atoms with Gasteiger partial charge in [0.15, 0.2) is 10.2 Å². The highest BCUT2D eigenvalue weighted by Crippen LogP contribution is 2.13. The van der Waals surface area contributed by atoms with Crippen LogP contribution < -0.4 is 16.0 Å². The molecule has 0 aromatic heterocycles. The van der Waals surface area contributed by atoms with Gasteiger partial charge in [0, 0.05) is 12.2 Å². The summed E-state index contributed by atoms with van der Waals surface area (Å²) >= 11 is 10.0. The number of rotatable bonds is 3. The molecule has 0 amide bonds. The van der Waals surface area contributed by atoms with Gasteiger partial charge >= 0.3 is 0 Å². The Labute approximate surface area is 107 Å². The zero-order chi connectivity index (χ0) is 12.0. The maximum Gasteiger partial charge on any atom is 0.179 e. The summed E-state index contributed by atoms with van der Waals surface area (Å²) in [5.74, 6) is 0. The molecule has 86 valence electrons. The fraction of sp³-hybridized carbons (Fsp3) is 0.273. The summed E-state index contributed by atoms with van der Waals surface area (Å²) in [5.41, 5.74) is 6.45. The summed E-state index contributed by atoms with van der Waals surface area (Å²) < 4.78 is 0. The van der Waals surface area contributed by atoms with Gasteiger partial charge in [0.25, 0.3) is 0 Å². The summed E-state index contributed by atoms with van der Waals surface area (Å²) in [6.45, 7) is 2.93. The predicted molar refractivity (Wildman–Crippen MR) is 76.6 cm³/mol. The first-order chi connectivity index (χ1) is 7.65. The van der Waals surface area contributed by atoms with Crippen LogP contribution in [0.3, 0.4) is 0 Å². The van der Waals surface area contributed by atoms with Crippen molar-refractivity contribution >= 4 is 40.3 Å². The number of nitrogens with two attached hydrogens (primary N) is 1. The second-order valence-electron chi connectivity index (χ2n) is 3.28. The van der Waals surface area contributed by atoms with Crippen LogP contribution in [0, 0.1) is 0 Å². The van der Waals surface area contributed by atoms with Gasteiger partial charge in [-0.15, -0.1) is 0 Å². The molecule has 0 aliphatic heterocycles. The Morgan fingerprint density at radius 2 is 1.94 bits per heavy atom. The molecule has 0 fully saturated rings. The van der Waals surface area contributed by atoms with Crippen LogP contribution in [-0.2, 0) is 0 Å².